The fraction of sp³-hybridized carbons (Fsp3) is 0.133. The quantitative estimate of drug-likeness (QED) is 0.771. The Balaban J connectivity index is 1.83. The Hall–Kier alpha value is -1.96. The molecule has 0 atom stereocenters. The van der Waals surface area contributed by atoms with Crippen LogP contribution in [0.2, 0.25) is 0 Å². The van der Waals surface area contributed by atoms with Gasteiger partial charge in [-0.2, -0.15) is 0 Å². The second-order valence-electron chi connectivity index (χ2n) is 4.11. The summed E-state index contributed by atoms with van der Waals surface area (Å²) >= 11 is 0. The Morgan fingerprint density at radius 1 is 0.647 bits per heavy atom. The Morgan fingerprint density at radius 2 is 1.00 bits per heavy atom. The van der Waals surface area contributed by atoms with Gasteiger partial charge in [-0.05, 0) is 38.1 Å². The summed E-state index contributed by atoms with van der Waals surface area (Å²) in [6.07, 6.45) is 0. The van der Waals surface area contributed by atoms with Crippen molar-refractivity contribution < 1.29 is 0 Å². The van der Waals surface area contributed by atoms with Crippen LogP contribution in [0, 0.1) is 20.5 Å². The fourth-order valence-corrected chi connectivity index (χ4v) is 1.45. The summed E-state index contributed by atoms with van der Waals surface area (Å²) < 4.78 is 0. The van der Waals surface area contributed by atoms with Crippen molar-refractivity contribution in [2.75, 3.05) is 10.6 Å². The normalized spacial score (nSPS) is 10.0. The smallest absolute Gasteiger partial charge is 0.202 e. The van der Waals surface area contributed by atoms with E-state index in [1.807, 2.05) is 24.3 Å². The summed E-state index contributed by atoms with van der Waals surface area (Å²) in [7, 11) is 0. The first-order valence-corrected chi connectivity index (χ1v) is 5.64. The molecule has 0 heterocycles. The van der Waals surface area contributed by atoms with Crippen LogP contribution in [0.5, 0.6) is 0 Å². The van der Waals surface area contributed by atoms with Crippen LogP contribution in [-0.2, 0) is 0 Å². The second-order valence-corrected chi connectivity index (χ2v) is 4.11. The molecule has 0 aliphatic carbocycles. The highest BCUT2D eigenvalue weighted by atomic mass is 15.1. The van der Waals surface area contributed by atoms with E-state index in [-0.39, 0.29) is 0 Å². The summed E-state index contributed by atoms with van der Waals surface area (Å²) in [5, 5.41) is 6.15. The van der Waals surface area contributed by atoms with Crippen molar-refractivity contribution in [3.63, 3.8) is 0 Å². The zero-order chi connectivity index (χ0) is 12.1. The van der Waals surface area contributed by atoms with Crippen LogP contribution in [-0.4, -0.2) is 0 Å². The van der Waals surface area contributed by atoms with Crippen molar-refractivity contribution in [2.45, 2.75) is 13.8 Å². The first kappa shape index (κ1) is 11.5. The Morgan fingerprint density at radius 3 is 1.35 bits per heavy atom. The van der Waals surface area contributed by atoms with Crippen molar-refractivity contribution in [2.24, 2.45) is 0 Å². The molecule has 2 nitrogen and oxygen atoms in total. The van der Waals surface area contributed by atoms with E-state index in [2.05, 4.69) is 55.4 Å². The van der Waals surface area contributed by atoms with Crippen molar-refractivity contribution >= 4 is 11.4 Å². The van der Waals surface area contributed by atoms with Gasteiger partial charge in [0.1, 0.15) is 0 Å². The van der Waals surface area contributed by atoms with Gasteiger partial charge in [0.15, 0.2) is 0 Å². The predicted molar refractivity (Wildman–Crippen MR) is 72.8 cm³/mol. The highest BCUT2D eigenvalue weighted by molar-refractivity contribution is 5.51. The maximum absolute atomic E-state index is 3.07. The van der Waals surface area contributed by atoms with Crippen molar-refractivity contribution in [1.29, 1.82) is 0 Å². The number of benzene rings is 2. The molecule has 0 fully saturated rings. The minimum absolute atomic E-state index is 1.02. The minimum Gasteiger partial charge on any atom is -0.356 e. The van der Waals surface area contributed by atoms with E-state index in [0.29, 0.717) is 0 Å². The molecule has 17 heavy (non-hydrogen) atoms. The SMILES string of the molecule is Cc1ccc(N[C]Nc2ccc(C)cc2)cc1. The zero-order valence-corrected chi connectivity index (χ0v) is 10.1. The molecule has 2 rings (SSSR count). The Labute approximate surface area is 103 Å². The van der Waals surface area contributed by atoms with Gasteiger partial charge in [0, 0.05) is 11.4 Å². The van der Waals surface area contributed by atoms with E-state index in [4.69, 9.17) is 0 Å². The lowest BCUT2D eigenvalue weighted by Crippen LogP contribution is -2.04. The monoisotopic (exact) mass is 224 g/mol. The summed E-state index contributed by atoms with van der Waals surface area (Å²) in [6, 6.07) is 16.4. The molecule has 0 bridgehead atoms. The van der Waals surface area contributed by atoms with Gasteiger partial charge in [0.2, 0.25) is 6.67 Å². The number of nitrogens with one attached hydrogen (secondary N) is 2. The van der Waals surface area contributed by atoms with Crippen LogP contribution in [0.4, 0.5) is 11.4 Å². The van der Waals surface area contributed by atoms with Gasteiger partial charge in [0.25, 0.3) is 0 Å². The van der Waals surface area contributed by atoms with Gasteiger partial charge < -0.3 is 10.6 Å². The standard InChI is InChI=1S/C15H16N2/c1-12-3-7-14(8-4-12)16-11-17-15-9-5-13(2)6-10-15/h3-10,16-17H,1-2H3. The van der Waals surface area contributed by atoms with Gasteiger partial charge in [0.05, 0.1) is 0 Å². The molecule has 0 spiro atoms. The summed E-state index contributed by atoms with van der Waals surface area (Å²) in [4.78, 5) is 0. The lowest BCUT2D eigenvalue weighted by Gasteiger charge is -2.07. The Bertz CT molecular complexity index is 412. The molecule has 0 aliphatic heterocycles. The van der Waals surface area contributed by atoms with Crippen molar-refractivity contribution in [1.82, 2.24) is 0 Å². The number of hydrogen-bond acceptors (Lipinski definition) is 2. The van der Waals surface area contributed by atoms with Crippen LogP contribution in [0.3, 0.4) is 0 Å². The molecule has 2 heteroatoms. The first-order chi connectivity index (χ1) is 8.24. The fourth-order valence-electron chi connectivity index (χ4n) is 1.45. The highest BCUT2D eigenvalue weighted by Gasteiger charge is 1.94. The van der Waals surface area contributed by atoms with E-state index in [1.54, 1.807) is 0 Å². The van der Waals surface area contributed by atoms with Gasteiger partial charge in [-0.1, -0.05) is 35.4 Å². The molecule has 2 N–H and O–H groups in total. The minimum atomic E-state index is 1.02. The molecule has 0 saturated carbocycles. The lowest BCUT2D eigenvalue weighted by molar-refractivity contribution is 1.35. The third kappa shape index (κ3) is 3.52. The highest BCUT2D eigenvalue weighted by Crippen LogP contribution is 2.11. The van der Waals surface area contributed by atoms with Gasteiger partial charge in [-0.15, -0.1) is 0 Å². The number of anilines is 2. The van der Waals surface area contributed by atoms with Gasteiger partial charge in [-0.3, -0.25) is 0 Å². The van der Waals surface area contributed by atoms with E-state index in [9.17, 15) is 0 Å². The third-order valence-corrected chi connectivity index (χ3v) is 2.52. The van der Waals surface area contributed by atoms with E-state index in [0.717, 1.165) is 11.4 Å². The van der Waals surface area contributed by atoms with Crippen LogP contribution in [0.1, 0.15) is 11.1 Å². The molecular formula is C15H16N2. The van der Waals surface area contributed by atoms with Gasteiger partial charge in [-0.25, -0.2) is 0 Å². The number of hydrogen-bond donors (Lipinski definition) is 2. The molecule has 2 aromatic rings. The predicted octanol–water partition coefficient (Wildman–Crippen LogP) is 3.82. The summed E-state index contributed by atoms with van der Waals surface area (Å²) in [6.45, 7) is 7.10. The third-order valence-electron chi connectivity index (χ3n) is 2.52. The molecule has 0 aromatic heterocycles. The van der Waals surface area contributed by atoms with E-state index >= 15 is 0 Å². The molecule has 86 valence electrons. The maximum atomic E-state index is 3.07. The molecule has 0 unspecified atom stereocenters. The van der Waals surface area contributed by atoms with Crippen LogP contribution < -0.4 is 10.6 Å². The molecule has 2 aromatic carbocycles. The van der Waals surface area contributed by atoms with E-state index < -0.39 is 0 Å². The van der Waals surface area contributed by atoms with Crippen molar-refractivity contribution in [3.8, 4) is 0 Å². The molecular weight excluding hydrogens is 208 g/mol. The van der Waals surface area contributed by atoms with Crippen LogP contribution >= 0.6 is 0 Å². The van der Waals surface area contributed by atoms with Crippen LogP contribution in [0.15, 0.2) is 48.5 Å². The number of aryl methyl sites for hydroxylation is 2. The lowest BCUT2D eigenvalue weighted by atomic mass is 10.2. The summed E-state index contributed by atoms with van der Waals surface area (Å²) in [5.41, 5.74) is 4.55. The first-order valence-electron chi connectivity index (χ1n) is 5.64. The summed E-state index contributed by atoms with van der Waals surface area (Å²) in [5.74, 6) is 0. The maximum Gasteiger partial charge on any atom is 0.202 e. The average molecular weight is 224 g/mol. The van der Waals surface area contributed by atoms with Gasteiger partial charge >= 0.3 is 0 Å². The Kier molecular flexibility index (Phi) is 3.66. The van der Waals surface area contributed by atoms with Crippen LogP contribution in [0.25, 0.3) is 0 Å². The number of rotatable bonds is 4. The molecule has 0 aliphatic rings. The molecule has 0 amide bonds. The zero-order valence-electron chi connectivity index (χ0n) is 10.1. The largest absolute Gasteiger partial charge is 0.356 e. The second kappa shape index (κ2) is 5.39. The van der Waals surface area contributed by atoms with E-state index in [1.165, 1.54) is 11.1 Å². The molecule has 0 saturated heterocycles. The topological polar surface area (TPSA) is 24.1 Å². The molecule has 2 radical (unpaired) electrons. The average Bonchev–Trinajstić information content (AvgIpc) is 2.34. The van der Waals surface area contributed by atoms with Crippen molar-refractivity contribution in [3.05, 3.63) is 66.3 Å².